The Labute approximate surface area is 154 Å². The molecular formula is C21H24N2O3. The lowest BCUT2D eigenvalue weighted by atomic mass is 10.1. The molecule has 1 saturated heterocycles. The molecule has 136 valence electrons. The molecule has 0 N–H and O–H groups in total. The molecule has 0 radical (unpaired) electrons. The van der Waals surface area contributed by atoms with Crippen LogP contribution in [0.25, 0.3) is 0 Å². The molecule has 0 saturated carbocycles. The number of piperazine rings is 1. The van der Waals surface area contributed by atoms with Gasteiger partial charge in [-0.05, 0) is 44.5 Å². The highest BCUT2D eigenvalue weighted by molar-refractivity contribution is 6.04. The molecule has 1 fully saturated rings. The van der Waals surface area contributed by atoms with Gasteiger partial charge in [-0.25, -0.2) is 0 Å². The van der Waals surface area contributed by atoms with Crippen molar-refractivity contribution in [3.05, 3.63) is 59.2 Å². The van der Waals surface area contributed by atoms with Gasteiger partial charge >= 0.3 is 0 Å². The van der Waals surface area contributed by atoms with Crippen molar-refractivity contribution in [1.29, 1.82) is 0 Å². The van der Waals surface area contributed by atoms with Gasteiger partial charge < -0.3 is 14.5 Å². The molecule has 1 heterocycles. The number of para-hydroxylation sites is 1. The summed E-state index contributed by atoms with van der Waals surface area (Å²) in [5.41, 5.74) is 3.62. The minimum absolute atomic E-state index is 0.0635. The normalized spacial score (nSPS) is 17.4. The SMILES string of the molecule is COc1ccccc1C(=O)N1CCN(c2ccc(C)cc2C)C(=O)[C@@H]1C. The van der Waals surface area contributed by atoms with Crippen LogP contribution in [0.2, 0.25) is 0 Å². The van der Waals surface area contributed by atoms with Crippen molar-refractivity contribution >= 4 is 17.5 Å². The number of carbonyl (C=O) groups is 2. The van der Waals surface area contributed by atoms with E-state index in [-0.39, 0.29) is 11.8 Å². The van der Waals surface area contributed by atoms with Crippen LogP contribution < -0.4 is 9.64 Å². The zero-order valence-corrected chi connectivity index (χ0v) is 15.7. The first kappa shape index (κ1) is 18.0. The van der Waals surface area contributed by atoms with E-state index >= 15 is 0 Å². The van der Waals surface area contributed by atoms with Gasteiger partial charge in [0.25, 0.3) is 5.91 Å². The molecule has 2 aromatic rings. The second-order valence-electron chi connectivity index (χ2n) is 6.65. The fourth-order valence-electron chi connectivity index (χ4n) is 3.47. The standard InChI is InChI=1S/C21H24N2O3/c1-14-9-10-18(15(2)13-14)23-12-11-22(16(3)20(23)24)21(25)17-7-5-6-8-19(17)26-4/h5-10,13,16H,11-12H2,1-4H3/t16-/m0/s1. The number of aryl methyl sites for hydroxylation is 2. The molecule has 1 atom stereocenters. The largest absolute Gasteiger partial charge is 0.496 e. The number of methoxy groups -OCH3 is 1. The van der Waals surface area contributed by atoms with Gasteiger partial charge in [-0.3, -0.25) is 9.59 Å². The van der Waals surface area contributed by atoms with Crippen molar-refractivity contribution < 1.29 is 14.3 Å². The van der Waals surface area contributed by atoms with Gasteiger partial charge in [0.05, 0.1) is 12.7 Å². The number of nitrogens with zero attached hydrogens (tertiary/aromatic N) is 2. The fourth-order valence-corrected chi connectivity index (χ4v) is 3.47. The van der Waals surface area contributed by atoms with Gasteiger partial charge in [-0.2, -0.15) is 0 Å². The van der Waals surface area contributed by atoms with E-state index in [1.54, 1.807) is 42.0 Å². The summed E-state index contributed by atoms with van der Waals surface area (Å²) in [7, 11) is 1.54. The molecule has 0 aromatic heterocycles. The summed E-state index contributed by atoms with van der Waals surface area (Å²) in [4.78, 5) is 29.3. The van der Waals surface area contributed by atoms with E-state index in [1.165, 1.54) is 0 Å². The first-order valence-corrected chi connectivity index (χ1v) is 8.76. The highest BCUT2D eigenvalue weighted by Crippen LogP contribution is 2.27. The Kier molecular flexibility index (Phi) is 4.98. The summed E-state index contributed by atoms with van der Waals surface area (Å²) < 4.78 is 5.29. The summed E-state index contributed by atoms with van der Waals surface area (Å²) in [5, 5.41) is 0. The van der Waals surface area contributed by atoms with Gasteiger partial charge in [-0.1, -0.05) is 29.8 Å². The van der Waals surface area contributed by atoms with Crippen LogP contribution in [0.3, 0.4) is 0 Å². The molecule has 2 amide bonds. The van der Waals surface area contributed by atoms with E-state index < -0.39 is 6.04 Å². The van der Waals surface area contributed by atoms with E-state index in [4.69, 9.17) is 4.74 Å². The molecule has 5 heteroatoms. The van der Waals surface area contributed by atoms with Crippen molar-refractivity contribution in [3.63, 3.8) is 0 Å². The lowest BCUT2D eigenvalue weighted by Crippen LogP contribution is -2.58. The molecule has 3 rings (SSSR count). The number of anilines is 1. The molecule has 5 nitrogen and oxygen atoms in total. The smallest absolute Gasteiger partial charge is 0.258 e. The van der Waals surface area contributed by atoms with Gasteiger partial charge in [-0.15, -0.1) is 0 Å². The second kappa shape index (κ2) is 7.20. The van der Waals surface area contributed by atoms with Gasteiger partial charge in [0.1, 0.15) is 11.8 Å². The first-order chi connectivity index (χ1) is 12.4. The summed E-state index contributed by atoms with van der Waals surface area (Å²) >= 11 is 0. The van der Waals surface area contributed by atoms with E-state index in [0.29, 0.717) is 24.4 Å². The van der Waals surface area contributed by atoms with Crippen LogP contribution in [-0.4, -0.2) is 43.0 Å². The number of amides is 2. The minimum atomic E-state index is -0.526. The third-order valence-electron chi connectivity index (χ3n) is 4.90. The molecular weight excluding hydrogens is 328 g/mol. The van der Waals surface area contributed by atoms with E-state index in [9.17, 15) is 9.59 Å². The van der Waals surface area contributed by atoms with Crippen molar-refractivity contribution in [2.75, 3.05) is 25.1 Å². The van der Waals surface area contributed by atoms with Crippen molar-refractivity contribution in [2.24, 2.45) is 0 Å². The average molecular weight is 352 g/mol. The zero-order chi connectivity index (χ0) is 18.8. The number of rotatable bonds is 3. The second-order valence-corrected chi connectivity index (χ2v) is 6.65. The molecule has 0 unspecified atom stereocenters. The zero-order valence-electron chi connectivity index (χ0n) is 15.7. The molecule has 0 spiro atoms. The third-order valence-corrected chi connectivity index (χ3v) is 4.90. The van der Waals surface area contributed by atoms with Crippen LogP contribution in [0.15, 0.2) is 42.5 Å². The Morgan fingerprint density at radius 1 is 1.12 bits per heavy atom. The number of benzene rings is 2. The third kappa shape index (κ3) is 3.17. The van der Waals surface area contributed by atoms with Crippen molar-refractivity contribution in [1.82, 2.24) is 4.90 Å². The Morgan fingerprint density at radius 2 is 1.85 bits per heavy atom. The molecule has 2 aromatic carbocycles. The maximum atomic E-state index is 13.0. The minimum Gasteiger partial charge on any atom is -0.496 e. The van der Waals surface area contributed by atoms with Crippen LogP contribution in [-0.2, 0) is 4.79 Å². The predicted octanol–water partition coefficient (Wildman–Crippen LogP) is 3.19. The van der Waals surface area contributed by atoms with E-state index in [0.717, 1.165) is 16.8 Å². The number of carbonyl (C=O) groups excluding carboxylic acids is 2. The quantitative estimate of drug-likeness (QED) is 0.852. The first-order valence-electron chi connectivity index (χ1n) is 8.76. The maximum Gasteiger partial charge on any atom is 0.258 e. The number of ether oxygens (including phenoxy) is 1. The predicted molar refractivity (Wildman–Crippen MR) is 102 cm³/mol. The van der Waals surface area contributed by atoms with Crippen molar-refractivity contribution in [2.45, 2.75) is 26.8 Å². The molecule has 1 aliphatic rings. The topological polar surface area (TPSA) is 49.9 Å². The summed E-state index contributed by atoms with van der Waals surface area (Å²) in [6.45, 7) is 6.79. The highest BCUT2D eigenvalue weighted by atomic mass is 16.5. The van der Waals surface area contributed by atoms with Gasteiger partial charge in [0.2, 0.25) is 5.91 Å². The Morgan fingerprint density at radius 3 is 2.54 bits per heavy atom. The highest BCUT2D eigenvalue weighted by Gasteiger charge is 2.36. The lowest BCUT2D eigenvalue weighted by molar-refractivity contribution is -0.124. The maximum absolute atomic E-state index is 13.0. The Balaban J connectivity index is 1.85. The van der Waals surface area contributed by atoms with E-state index in [2.05, 4.69) is 6.07 Å². The fraction of sp³-hybridized carbons (Fsp3) is 0.333. The van der Waals surface area contributed by atoms with E-state index in [1.807, 2.05) is 32.0 Å². The monoisotopic (exact) mass is 352 g/mol. The van der Waals surface area contributed by atoms with Crippen molar-refractivity contribution in [3.8, 4) is 5.75 Å². The van der Waals surface area contributed by atoms with Gasteiger partial charge in [0.15, 0.2) is 0 Å². The Bertz CT molecular complexity index is 847. The molecule has 0 bridgehead atoms. The number of hydrogen-bond acceptors (Lipinski definition) is 3. The van der Waals surface area contributed by atoms with Gasteiger partial charge in [0, 0.05) is 18.8 Å². The average Bonchev–Trinajstić information content (AvgIpc) is 2.64. The van der Waals surface area contributed by atoms with Crippen LogP contribution in [0.4, 0.5) is 5.69 Å². The lowest BCUT2D eigenvalue weighted by Gasteiger charge is -2.39. The summed E-state index contributed by atoms with van der Waals surface area (Å²) in [5.74, 6) is 0.281. The number of hydrogen-bond donors (Lipinski definition) is 0. The summed E-state index contributed by atoms with van der Waals surface area (Å²) in [6, 6.07) is 12.6. The summed E-state index contributed by atoms with van der Waals surface area (Å²) in [6.07, 6.45) is 0. The van der Waals surface area contributed by atoms with Crippen LogP contribution in [0.1, 0.15) is 28.4 Å². The Hall–Kier alpha value is -2.82. The van der Waals surface area contributed by atoms with Crippen LogP contribution in [0, 0.1) is 13.8 Å². The molecule has 0 aliphatic carbocycles. The molecule has 26 heavy (non-hydrogen) atoms. The van der Waals surface area contributed by atoms with Crippen LogP contribution in [0.5, 0.6) is 5.75 Å². The van der Waals surface area contributed by atoms with Crippen LogP contribution >= 0.6 is 0 Å². The molecule has 1 aliphatic heterocycles.